The zero-order chi connectivity index (χ0) is 20.9. The Morgan fingerprint density at radius 3 is 2.45 bits per heavy atom. The second kappa shape index (κ2) is 9.11. The summed E-state index contributed by atoms with van der Waals surface area (Å²) in [6, 6.07) is 21.0. The van der Waals surface area contributed by atoms with Crippen LogP contribution in [0.3, 0.4) is 0 Å². The van der Waals surface area contributed by atoms with Gasteiger partial charge in [-0.25, -0.2) is 8.42 Å². The maximum Gasteiger partial charge on any atom is 0.263 e. The van der Waals surface area contributed by atoms with Crippen LogP contribution in [0.1, 0.15) is 21.5 Å². The number of nitrogens with one attached hydrogen (secondary N) is 2. The summed E-state index contributed by atoms with van der Waals surface area (Å²) in [5.41, 5.74) is 2.68. The predicted octanol–water partition coefficient (Wildman–Crippen LogP) is 4.42. The number of carbonyl (C=O) groups excluding carboxylic acids is 1. The lowest BCUT2D eigenvalue weighted by atomic mass is 10.1. The monoisotopic (exact) mass is 428 g/mol. The van der Waals surface area contributed by atoms with E-state index < -0.39 is 10.0 Å². The summed E-state index contributed by atoms with van der Waals surface area (Å²) in [5.74, 6) is -0.357. The molecule has 0 heterocycles. The van der Waals surface area contributed by atoms with Gasteiger partial charge < -0.3 is 5.32 Å². The van der Waals surface area contributed by atoms with Crippen molar-refractivity contribution in [2.24, 2.45) is 0 Å². The topological polar surface area (TPSA) is 75.3 Å². The number of sulfonamides is 1. The Morgan fingerprint density at radius 2 is 1.72 bits per heavy atom. The molecule has 3 aromatic rings. The summed E-state index contributed by atoms with van der Waals surface area (Å²) in [5, 5.41) is 2.85. The van der Waals surface area contributed by atoms with E-state index in [0.717, 1.165) is 11.1 Å². The maximum absolute atomic E-state index is 12.8. The maximum atomic E-state index is 12.8. The molecule has 0 saturated carbocycles. The van der Waals surface area contributed by atoms with Gasteiger partial charge in [-0.1, -0.05) is 54.1 Å². The van der Waals surface area contributed by atoms with E-state index >= 15 is 0 Å². The van der Waals surface area contributed by atoms with E-state index in [1.54, 1.807) is 18.2 Å². The Labute approximate surface area is 175 Å². The van der Waals surface area contributed by atoms with E-state index in [1.165, 1.54) is 18.2 Å². The number of amides is 1. The lowest BCUT2D eigenvalue weighted by molar-refractivity contribution is 0.0954. The quantitative estimate of drug-likeness (QED) is 0.584. The van der Waals surface area contributed by atoms with Gasteiger partial charge in [0.1, 0.15) is 4.90 Å². The molecule has 0 radical (unpaired) electrons. The van der Waals surface area contributed by atoms with E-state index in [0.29, 0.717) is 18.7 Å². The van der Waals surface area contributed by atoms with Gasteiger partial charge in [-0.15, -0.1) is 0 Å². The molecule has 0 aliphatic carbocycles. The Balaban J connectivity index is 1.73. The molecule has 0 aromatic heterocycles. The zero-order valence-electron chi connectivity index (χ0n) is 15.9. The highest BCUT2D eigenvalue weighted by atomic mass is 35.5. The lowest BCUT2D eigenvalue weighted by Gasteiger charge is -2.12. The van der Waals surface area contributed by atoms with E-state index in [-0.39, 0.29) is 21.4 Å². The molecule has 0 unspecified atom stereocenters. The Kier molecular flexibility index (Phi) is 6.56. The molecule has 3 rings (SSSR count). The van der Waals surface area contributed by atoms with Crippen LogP contribution in [0, 0.1) is 6.92 Å². The minimum Gasteiger partial charge on any atom is -0.352 e. The van der Waals surface area contributed by atoms with Gasteiger partial charge in [0.05, 0.1) is 5.02 Å². The van der Waals surface area contributed by atoms with Gasteiger partial charge in [-0.3, -0.25) is 9.52 Å². The molecule has 1 amide bonds. The molecule has 0 bridgehead atoms. The molecule has 3 aromatic carbocycles. The van der Waals surface area contributed by atoms with E-state index in [2.05, 4.69) is 10.0 Å². The average Bonchev–Trinajstić information content (AvgIpc) is 2.68. The molecule has 0 atom stereocenters. The van der Waals surface area contributed by atoms with Crippen molar-refractivity contribution in [3.63, 3.8) is 0 Å². The second-order valence-corrected chi connectivity index (χ2v) is 8.67. The van der Waals surface area contributed by atoms with Crippen LogP contribution in [-0.4, -0.2) is 20.9 Å². The number of aryl methyl sites for hydroxylation is 1. The predicted molar refractivity (Wildman–Crippen MR) is 116 cm³/mol. The fourth-order valence-corrected chi connectivity index (χ4v) is 4.41. The molecular weight excluding hydrogens is 408 g/mol. The summed E-state index contributed by atoms with van der Waals surface area (Å²) < 4.78 is 28.1. The second-order valence-electron chi connectivity index (χ2n) is 6.61. The first-order chi connectivity index (χ1) is 13.8. The van der Waals surface area contributed by atoms with Gasteiger partial charge in [0.15, 0.2) is 0 Å². The van der Waals surface area contributed by atoms with Gasteiger partial charge in [-0.2, -0.15) is 0 Å². The molecule has 2 N–H and O–H groups in total. The van der Waals surface area contributed by atoms with Crippen molar-refractivity contribution in [1.29, 1.82) is 0 Å². The Morgan fingerprint density at radius 1 is 0.966 bits per heavy atom. The number of hydrogen-bond donors (Lipinski definition) is 2. The molecule has 5 nitrogen and oxygen atoms in total. The largest absolute Gasteiger partial charge is 0.352 e. The molecule has 0 saturated heterocycles. The van der Waals surface area contributed by atoms with Crippen LogP contribution in [-0.2, 0) is 16.4 Å². The van der Waals surface area contributed by atoms with Crippen LogP contribution in [0.25, 0.3) is 0 Å². The molecule has 150 valence electrons. The highest BCUT2D eigenvalue weighted by Gasteiger charge is 2.20. The van der Waals surface area contributed by atoms with E-state index in [4.69, 9.17) is 11.6 Å². The van der Waals surface area contributed by atoms with Crippen LogP contribution in [0.5, 0.6) is 0 Å². The fraction of sp³-hybridized carbons (Fsp3) is 0.136. The van der Waals surface area contributed by atoms with Crippen LogP contribution in [0.4, 0.5) is 5.69 Å². The van der Waals surface area contributed by atoms with Gasteiger partial charge in [0, 0.05) is 17.8 Å². The number of rotatable bonds is 7. The van der Waals surface area contributed by atoms with Gasteiger partial charge in [0.25, 0.3) is 15.9 Å². The normalized spacial score (nSPS) is 11.1. The summed E-state index contributed by atoms with van der Waals surface area (Å²) in [4.78, 5) is 12.3. The lowest BCUT2D eigenvalue weighted by Crippen LogP contribution is -2.26. The van der Waals surface area contributed by atoms with Crippen LogP contribution in [0.2, 0.25) is 5.02 Å². The SMILES string of the molecule is Cc1cccc(NS(=O)(=O)c2cc(C(=O)NCCc3ccccc3)ccc2Cl)c1. The zero-order valence-corrected chi connectivity index (χ0v) is 17.4. The van der Waals surface area contributed by atoms with E-state index in [9.17, 15) is 13.2 Å². The minimum absolute atomic E-state index is 0.0472. The van der Waals surface area contributed by atoms with Gasteiger partial charge in [0.2, 0.25) is 0 Å². The van der Waals surface area contributed by atoms with Crippen molar-refractivity contribution in [2.45, 2.75) is 18.2 Å². The highest BCUT2D eigenvalue weighted by Crippen LogP contribution is 2.25. The standard InChI is InChI=1S/C22H21ClN2O3S/c1-16-6-5-9-19(14-16)25-29(27,28)21-15-18(10-11-20(21)23)22(26)24-13-12-17-7-3-2-4-8-17/h2-11,14-15,25H,12-13H2,1H3,(H,24,26). The third-order valence-corrected chi connectivity index (χ3v) is 6.16. The summed E-state index contributed by atoms with van der Waals surface area (Å²) >= 11 is 6.12. The summed E-state index contributed by atoms with van der Waals surface area (Å²) in [6.45, 7) is 2.31. The van der Waals surface area contributed by atoms with Crippen molar-refractivity contribution >= 4 is 33.2 Å². The molecule has 0 spiro atoms. The van der Waals surface area contributed by atoms with Crippen molar-refractivity contribution < 1.29 is 13.2 Å². The van der Waals surface area contributed by atoms with Gasteiger partial charge in [-0.05, 0) is 54.8 Å². The summed E-state index contributed by atoms with van der Waals surface area (Å²) in [7, 11) is -3.94. The molecule has 29 heavy (non-hydrogen) atoms. The average molecular weight is 429 g/mol. The number of carbonyl (C=O) groups is 1. The Bertz CT molecular complexity index is 1120. The highest BCUT2D eigenvalue weighted by molar-refractivity contribution is 7.92. The summed E-state index contributed by atoms with van der Waals surface area (Å²) in [6.07, 6.45) is 0.681. The molecule has 0 aliphatic rings. The smallest absolute Gasteiger partial charge is 0.263 e. The van der Waals surface area contributed by atoms with Crippen LogP contribution in [0.15, 0.2) is 77.7 Å². The third kappa shape index (κ3) is 5.59. The third-order valence-electron chi connectivity index (χ3n) is 4.30. The first-order valence-electron chi connectivity index (χ1n) is 9.06. The van der Waals surface area contributed by atoms with Crippen LogP contribution >= 0.6 is 11.6 Å². The molecular formula is C22H21ClN2O3S. The van der Waals surface area contributed by atoms with Crippen molar-refractivity contribution in [1.82, 2.24) is 5.32 Å². The molecule has 0 aliphatic heterocycles. The van der Waals surface area contributed by atoms with Gasteiger partial charge >= 0.3 is 0 Å². The number of halogens is 1. The minimum atomic E-state index is -3.94. The number of benzene rings is 3. The molecule has 7 heteroatoms. The first kappa shape index (κ1) is 20.9. The fourth-order valence-electron chi connectivity index (χ4n) is 2.84. The van der Waals surface area contributed by atoms with Crippen molar-refractivity contribution in [3.05, 3.63) is 94.5 Å². The number of anilines is 1. The number of hydrogen-bond acceptors (Lipinski definition) is 3. The first-order valence-corrected chi connectivity index (χ1v) is 10.9. The van der Waals surface area contributed by atoms with E-state index in [1.807, 2.05) is 43.3 Å². The van der Waals surface area contributed by atoms with Crippen molar-refractivity contribution in [2.75, 3.05) is 11.3 Å². The van der Waals surface area contributed by atoms with Crippen LogP contribution < -0.4 is 10.0 Å². The Hall–Kier alpha value is -2.83. The van der Waals surface area contributed by atoms with Crippen molar-refractivity contribution in [3.8, 4) is 0 Å². The molecule has 0 fully saturated rings.